The van der Waals surface area contributed by atoms with Crippen LogP contribution in [0.1, 0.15) is 26.8 Å². The van der Waals surface area contributed by atoms with E-state index in [-0.39, 0.29) is 16.4 Å². The van der Waals surface area contributed by atoms with Crippen LogP contribution in [0.25, 0.3) is 0 Å². The minimum Gasteiger partial charge on any atom is -0.344 e. The van der Waals surface area contributed by atoms with Crippen molar-refractivity contribution in [1.29, 1.82) is 0 Å². The number of hydrogen-bond donors (Lipinski definition) is 2. The number of carbonyl (C=O) groups is 2. The summed E-state index contributed by atoms with van der Waals surface area (Å²) >= 11 is 6.71. The molecule has 2 N–H and O–H groups in total. The third-order valence-corrected chi connectivity index (χ3v) is 5.33. The zero-order valence-corrected chi connectivity index (χ0v) is 16.6. The fourth-order valence-corrected chi connectivity index (χ4v) is 3.53. The van der Waals surface area contributed by atoms with Crippen LogP contribution in [0, 0.1) is 10.1 Å². The number of thiophene rings is 1. The highest BCUT2D eigenvalue weighted by molar-refractivity contribution is 7.17. The van der Waals surface area contributed by atoms with E-state index in [1.165, 1.54) is 12.1 Å². The zero-order chi connectivity index (χ0) is 20.8. The maximum atomic E-state index is 12.5. The molecule has 0 spiro atoms. The lowest BCUT2D eigenvalue weighted by molar-refractivity contribution is -0.380. The second-order valence-electron chi connectivity index (χ2n) is 6.04. The van der Waals surface area contributed by atoms with Crippen LogP contribution in [-0.4, -0.2) is 23.3 Å². The fourth-order valence-electron chi connectivity index (χ4n) is 2.67. The maximum absolute atomic E-state index is 12.5. The van der Waals surface area contributed by atoms with Gasteiger partial charge in [-0.3, -0.25) is 19.7 Å². The molecule has 0 aliphatic rings. The Morgan fingerprint density at radius 2 is 1.66 bits per heavy atom. The number of hydrogen-bond acceptors (Lipinski definition) is 5. The van der Waals surface area contributed by atoms with Crippen LogP contribution in [0.15, 0.2) is 66.7 Å². The summed E-state index contributed by atoms with van der Waals surface area (Å²) in [5, 5.41) is 16.6. The molecular formula is C20H16ClN3O4S. The number of nitro groups is 1. The lowest BCUT2D eigenvalue weighted by atomic mass is 9.98. The van der Waals surface area contributed by atoms with Gasteiger partial charge in [0.25, 0.3) is 5.91 Å². The summed E-state index contributed by atoms with van der Waals surface area (Å²) in [6.45, 7) is -0.262. The average molecular weight is 430 g/mol. The Balaban J connectivity index is 1.67. The Hall–Kier alpha value is -3.23. The Morgan fingerprint density at radius 1 is 1.00 bits per heavy atom. The summed E-state index contributed by atoms with van der Waals surface area (Å²) in [6, 6.07) is 18.7. The molecule has 9 heteroatoms. The standard InChI is InChI=1S/C20H16ClN3O4S/c21-15-8-6-14(7-9-15)19(13-4-2-1-3-5-13)23-17(25)12-22-20(26)16-10-11-18(29-16)24(27)28/h1-11,19H,12H2,(H,22,26)(H,23,25). The van der Waals surface area contributed by atoms with Crippen LogP contribution in [0.2, 0.25) is 5.02 Å². The first-order chi connectivity index (χ1) is 13.9. The predicted molar refractivity (Wildman–Crippen MR) is 111 cm³/mol. The second kappa shape index (κ2) is 9.31. The molecule has 1 unspecified atom stereocenters. The molecule has 0 saturated heterocycles. The van der Waals surface area contributed by atoms with E-state index in [0.29, 0.717) is 5.02 Å². The van der Waals surface area contributed by atoms with Gasteiger partial charge in [-0.2, -0.15) is 0 Å². The SMILES string of the molecule is O=C(CNC(=O)c1ccc([N+](=O)[O-])s1)NC(c1ccccc1)c1ccc(Cl)cc1. The molecule has 2 amide bonds. The van der Waals surface area contributed by atoms with Crippen LogP contribution >= 0.6 is 22.9 Å². The van der Waals surface area contributed by atoms with E-state index in [4.69, 9.17) is 11.6 Å². The molecule has 1 heterocycles. The van der Waals surface area contributed by atoms with Crippen molar-refractivity contribution in [3.05, 3.63) is 97.9 Å². The molecule has 1 atom stereocenters. The molecule has 0 saturated carbocycles. The summed E-state index contributed by atoms with van der Waals surface area (Å²) in [7, 11) is 0. The number of amides is 2. The van der Waals surface area contributed by atoms with E-state index in [9.17, 15) is 19.7 Å². The first-order valence-electron chi connectivity index (χ1n) is 8.56. The van der Waals surface area contributed by atoms with Gasteiger partial charge in [0.05, 0.1) is 22.4 Å². The topological polar surface area (TPSA) is 101 Å². The number of rotatable bonds is 7. The molecule has 7 nitrogen and oxygen atoms in total. The van der Waals surface area contributed by atoms with Gasteiger partial charge in [0.15, 0.2) is 0 Å². The molecule has 3 aromatic rings. The Kier molecular flexibility index (Phi) is 6.58. The van der Waals surface area contributed by atoms with Crippen molar-refractivity contribution in [3.8, 4) is 0 Å². The quantitative estimate of drug-likeness (QED) is 0.438. The first kappa shape index (κ1) is 20.5. The lowest BCUT2D eigenvalue weighted by Gasteiger charge is -2.20. The minimum absolute atomic E-state index is 0.133. The highest BCUT2D eigenvalue weighted by atomic mass is 35.5. The normalized spacial score (nSPS) is 11.5. The number of nitrogens with one attached hydrogen (secondary N) is 2. The summed E-state index contributed by atoms with van der Waals surface area (Å²) < 4.78 is 0. The van der Waals surface area contributed by atoms with Gasteiger partial charge in [0.1, 0.15) is 0 Å². The van der Waals surface area contributed by atoms with Crippen molar-refractivity contribution >= 4 is 39.8 Å². The van der Waals surface area contributed by atoms with E-state index in [2.05, 4.69) is 10.6 Å². The van der Waals surface area contributed by atoms with E-state index < -0.39 is 22.8 Å². The number of halogens is 1. The van der Waals surface area contributed by atoms with Gasteiger partial charge < -0.3 is 10.6 Å². The maximum Gasteiger partial charge on any atom is 0.324 e. The fraction of sp³-hybridized carbons (Fsp3) is 0.100. The molecule has 0 bridgehead atoms. The second-order valence-corrected chi connectivity index (χ2v) is 7.54. The highest BCUT2D eigenvalue weighted by Gasteiger charge is 2.19. The van der Waals surface area contributed by atoms with Crippen molar-refractivity contribution in [2.24, 2.45) is 0 Å². The Morgan fingerprint density at radius 3 is 2.28 bits per heavy atom. The third kappa shape index (κ3) is 5.40. The van der Waals surface area contributed by atoms with Crippen LogP contribution in [-0.2, 0) is 4.79 Å². The van der Waals surface area contributed by atoms with Crippen molar-refractivity contribution in [2.45, 2.75) is 6.04 Å². The number of benzene rings is 2. The van der Waals surface area contributed by atoms with Crippen molar-refractivity contribution in [1.82, 2.24) is 10.6 Å². The van der Waals surface area contributed by atoms with Gasteiger partial charge in [-0.15, -0.1) is 0 Å². The third-order valence-electron chi connectivity index (χ3n) is 4.05. The molecule has 2 aromatic carbocycles. The first-order valence-corrected chi connectivity index (χ1v) is 9.75. The van der Waals surface area contributed by atoms with Crippen LogP contribution in [0.3, 0.4) is 0 Å². The van der Waals surface area contributed by atoms with Crippen molar-refractivity contribution in [3.63, 3.8) is 0 Å². The van der Waals surface area contributed by atoms with Crippen LogP contribution in [0.5, 0.6) is 0 Å². The molecule has 3 rings (SSSR count). The van der Waals surface area contributed by atoms with Gasteiger partial charge in [-0.1, -0.05) is 65.4 Å². The monoisotopic (exact) mass is 429 g/mol. The molecule has 29 heavy (non-hydrogen) atoms. The molecule has 0 aliphatic carbocycles. The number of carbonyl (C=O) groups excluding carboxylic acids is 2. The minimum atomic E-state index is -0.565. The summed E-state index contributed by atoms with van der Waals surface area (Å²) in [6.07, 6.45) is 0. The van der Waals surface area contributed by atoms with Crippen molar-refractivity contribution in [2.75, 3.05) is 6.54 Å². The van der Waals surface area contributed by atoms with Gasteiger partial charge in [0.2, 0.25) is 5.91 Å². The van der Waals surface area contributed by atoms with E-state index in [0.717, 1.165) is 22.5 Å². The predicted octanol–water partition coefficient (Wildman–Crippen LogP) is 3.95. The molecular weight excluding hydrogens is 414 g/mol. The van der Waals surface area contributed by atoms with Gasteiger partial charge in [-0.05, 0) is 29.3 Å². The molecule has 0 fully saturated rings. The zero-order valence-electron chi connectivity index (χ0n) is 15.0. The molecule has 1 aromatic heterocycles. The van der Waals surface area contributed by atoms with E-state index >= 15 is 0 Å². The molecule has 0 radical (unpaired) electrons. The average Bonchev–Trinajstić information content (AvgIpc) is 3.22. The van der Waals surface area contributed by atoms with Crippen LogP contribution in [0.4, 0.5) is 5.00 Å². The highest BCUT2D eigenvalue weighted by Crippen LogP contribution is 2.24. The van der Waals surface area contributed by atoms with Crippen LogP contribution < -0.4 is 10.6 Å². The van der Waals surface area contributed by atoms with E-state index in [1.54, 1.807) is 12.1 Å². The Labute approximate surface area is 175 Å². The van der Waals surface area contributed by atoms with Gasteiger partial charge >= 0.3 is 5.00 Å². The largest absolute Gasteiger partial charge is 0.344 e. The summed E-state index contributed by atoms with van der Waals surface area (Å²) in [4.78, 5) is 34.9. The summed E-state index contributed by atoms with van der Waals surface area (Å²) in [5.41, 5.74) is 1.72. The smallest absolute Gasteiger partial charge is 0.324 e. The lowest BCUT2D eigenvalue weighted by Crippen LogP contribution is -2.38. The summed E-state index contributed by atoms with van der Waals surface area (Å²) in [5.74, 6) is -0.936. The van der Waals surface area contributed by atoms with E-state index in [1.807, 2.05) is 42.5 Å². The molecule has 0 aliphatic heterocycles. The van der Waals surface area contributed by atoms with Crippen molar-refractivity contribution < 1.29 is 14.5 Å². The number of nitrogens with zero attached hydrogens (tertiary/aromatic N) is 1. The van der Waals surface area contributed by atoms with Gasteiger partial charge in [-0.25, -0.2) is 0 Å². The Bertz CT molecular complexity index is 1020. The molecule has 148 valence electrons. The van der Waals surface area contributed by atoms with Gasteiger partial charge in [0, 0.05) is 11.1 Å².